The van der Waals surface area contributed by atoms with Gasteiger partial charge in [-0.05, 0) is 35.9 Å². The number of aryl methyl sites for hydroxylation is 1. The molecule has 0 radical (unpaired) electrons. The number of aliphatic hydroxyl groups excluding tert-OH is 1. The molecule has 0 bridgehead atoms. The van der Waals surface area contributed by atoms with E-state index in [-0.39, 0.29) is 18.4 Å². The topological polar surface area (TPSA) is 71.2 Å². The van der Waals surface area contributed by atoms with Gasteiger partial charge in [0.05, 0.1) is 12.9 Å². The van der Waals surface area contributed by atoms with Gasteiger partial charge in [0.25, 0.3) is 0 Å². The predicted octanol–water partition coefficient (Wildman–Crippen LogP) is 2.41. The van der Waals surface area contributed by atoms with Crippen molar-refractivity contribution in [1.82, 2.24) is 19.7 Å². The highest BCUT2D eigenvalue weighted by molar-refractivity contribution is 5.88. The lowest BCUT2D eigenvalue weighted by atomic mass is 9.90. The number of fused-ring (bicyclic) bond motifs is 1. The Hall–Kier alpha value is -2.57. The highest BCUT2D eigenvalue weighted by Crippen LogP contribution is 2.25. The molecule has 6 heteroatoms. The quantitative estimate of drug-likeness (QED) is 0.753. The van der Waals surface area contributed by atoms with Crippen molar-refractivity contribution in [1.29, 1.82) is 0 Å². The molecule has 27 heavy (non-hydrogen) atoms. The van der Waals surface area contributed by atoms with E-state index in [2.05, 4.69) is 28.3 Å². The summed E-state index contributed by atoms with van der Waals surface area (Å²) in [6.07, 6.45) is 7.70. The van der Waals surface area contributed by atoms with Gasteiger partial charge in [-0.15, -0.1) is 0 Å². The van der Waals surface area contributed by atoms with Gasteiger partial charge in [-0.1, -0.05) is 12.1 Å². The molecular formula is C21H24N4O2. The third-order valence-corrected chi connectivity index (χ3v) is 5.41. The third kappa shape index (κ3) is 3.91. The molecule has 2 aromatic heterocycles. The summed E-state index contributed by atoms with van der Waals surface area (Å²) >= 11 is 0. The lowest BCUT2D eigenvalue weighted by Gasteiger charge is -2.29. The summed E-state index contributed by atoms with van der Waals surface area (Å²) in [6, 6.07) is 8.28. The first-order chi connectivity index (χ1) is 13.1. The number of carbonyl (C=O) groups is 1. The summed E-state index contributed by atoms with van der Waals surface area (Å²) < 4.78 is 1.79. The van der Waals surface area contributed by atoms with Crippen LogP contribution in [0.25, 0.3) is 21.9 Å². The molecule has 0 aliphatic carbocycles. The maximum atomic E-state index is 12.7. The highest BCUT2D eigenvalue weighted by atomic mass is 16.3. The molecule has 1 aliphatic rings. The largest absolute Gasteiger partial charge is 0.381 e. The number of likely N-dealkylation sites (tertiary alicyclic amines) is 1. The van der Waals surface area contributed by atoms with Crippen LogP contribution in [0.5, 0.6) is 0 Å². The van der Waals surface area contributed by atoms with Crippen LogP contribution in [0, 0.1) is 5.92 Å². The minimum absolute atomic E-state index is 0.0758. The predicted molar refractivity (Wildman–Crippen MR) is 104 cm³/mol. The standard InChI is InChI=1S/C21H24N4O2/c1-24-13-19(12-23-24)16-2-3-17-11-22-20(9-18(17)8-16)10-21(27)15-4-6-25(14-26)7-5-15/h2-3,8-9,11-13,15,26H,4-7,10,14H2,1H3. The molecule has 0 saturated carbocycles. The molecule has 1 saturated heterocycles. The monoisotopic (exact) mass is 364 g/mol. The Kier molecular flexibility index (Phi) is 5.01. The number of piperidine rings is 1. The van der Waals surface area contributed by atoms with Crippen LogP contribution in [0.2, 0.25) is 0 Å². The number of aliphatic hydroxyl groups is 1. The first-order valence-electron chi connectivity index (χ1n) is 9.36. The average Bonchev–Trinajstić information content (AvgIpc) is 3.14. The first-order valence-corrected chi connectivity index (χ1v) is 9.36. The fourth-order valence-electron chi connectivity index (χ4n) is 3.75. The number of ketones is 1. The van der Waals surface area contributed by atoms with Gasteiger partial charge < -0.3 is 5.11 Å². The number of Topliss-reactive ketones (excluding diaryl/α,β-unsaturated/α-hetero) is 1. The Morgan fingerprint density at radius 2 is 1.96 bits per heavy atom. The van der Waals surface area contributed by atoms with Crippen molar-refractivity contribution in [2.45, 2.75) is 19.3 Å². The maximum absolute atomic E-state index is 12.7. The lowest BCUT2D eigenvalue weighted by molar-refractivity contribution is -0.124. The number of hydrogen-bond acceptors (Lipinski definition) is 5. The van der Waals surface area contributed by atoms with Crippen molar-refractivity contribution in [2.24, 2.45) is 13.0 Å². The first kappa shape index (κ1) is 17.8. The van der Waals surface area contributed by atoms with E-state index in [1.54, 1.807) is 4.68 Å². The van der Waals surface area contributed by atoms with E-state index in [9.17, 15) is 9.90 Å². The average molecular weight is 364 g/mol. The van der Waals surface area contributed by atoms with Crippen LogP contribution in [0.15, 0.2) is 42.9 Å². The second-order valence-electron chi connectivity index (χ2n) is 7.32. The smallest absolute Gasteiger partial charge is 0.142 e. The molecule has 3 aromatic rings. The van der Waals surface area contributed by atoms with Crippen LogP contribution >= 0.6 is 0 Å². The van der Waals surface area contributed by atoms with Crippen molar-refractivity contribution in [3.8, 4) is 11.1 Å². The van der Waals surface area contributed by atoms with Crippen molar-refractivity contribution in [3.63, 3.8) is 0 Å². The summed E-state index contributed by atoms with van der Waals surface area (Å²) in [7, 11) is 1.91. The number of nitrogens with zero attached hydrogens (tertiary/aromatic N) is 4. The number of rotatable bonds is 5. The van der Waals surface area contributed by atoms with E-state index in [1.165, 1.54) is 0 Å². The molecule has 0 unspecified atom stereocenters. The maximum Gasteiger partial charge on any atom is 0.142 e. The minimum Gasteiger partial charge on any atom is -0.381 e. The van der Waals surface area contributed by atoms with E-state index < -0.39 is 0 Å². The van der Waals surface area contributed by atoms with Gasteiger partial charge in [0.1, 0.15) is 5.78 Å². The second-order valence-corrected chi connectivity index (χ2v) is 7.32. The Labute approximate surface area is 158 Å². The number of pyridine rings is 1. The molecule has 6 nitrogen and oxygen atoms in total. The van der Waals surface area contributed by atoms with Crippen molar-refractivity contribution in [2.75, 3.05) is 19.8 Å². The molecule has 0 atom stereocenters. The SMILES string of the molecule is Cn1cc(-c2ccc3cnc(CC(=O)C4CCN(CO)CC4)cc3c2)cn1. The summed E-state index contributed by atoms with van der Waals surface area (Å²) in [4.78, 5) is 19.1. The fraction of sp³-hybridized carbons (Fsp3) is 0.381. The van der Waals surface area contributed by atoms with Crippen LogP contribution in [-0.2, 0) is 18.3 Å². The van der Waals surface area contributed by atoms with Gasteiger partial charge in [0.15, 0.2) is 0 Å². The Balaban J connectivity index is 1.51. The Bertz CT molecular complexity index is 958. The van der Waals surface area contributed by atoms with Crippen LogP contribution in [0.1, 0.15) is 18.5 Å². The van der Waals surface area contributed by atoms with Crippen molar-refractivity contribution in [3.05, 3.63) is 48.5 Å². The van der Waals surface area contributed by atoms with Crippen molar-refractivity contribution < 1.29 is 9.90 Å². The van der Waals surface area contributed by atoms with E-state index >= 15 is 0 Å². The van der Waals surface area contributed by atoms with Gasteiger partial charge in [-0.25, -0.2) is 0 Å². The molecule has 3 heterocycles. The van der Waals surface area contributed by atoms with E-state index in [0.717, 1.165) is 53.5 Å². The van der Waals surface area contributed by atoms with Crippen LogP contribution in [0.3, 0.4) is 0 Å². The number of carbonyl (C=O) groups excluding carboxylic acids is 1. The van der Waals surface area contributed by atoms with Gasteiger partial charge in [-0.2, -0.15) is 5.10 Å². The lowest BCUT2D eigenvalue weighted by Crippen LogP contribution is -2.37. The van der Waals surface area contributed by atoms with Gasteiger partial charge in [0, 0.05) is 61.5 Å². The number of aromatic nitrogens is 3. The number of hydrogen-bond donors (Lipinski definition) is 1. The van der Waals surface area contributed by atoms with E-state index in [0.29, 0.717) is 6.42 Å². The molecule has 4 rings (SSSR count). The second kappa shape index (κ2) is 7.58. The molecule has 0 amide bonds. The highest BCUT2D eigenvalue weighted by Gasteiger charge is 2.24. The molecule has 140 valence electrons. The Morgan fingerprint density at radius 1 is 1.15 bits per heavy atom. The molecular weight excluding hydrogens is 340 g/mol. The molecule has 1 fully saturated rings. The zero-order valence-electron chi connectivity index (χ0n) is 15.5. The Morgan fingerprint density at radius 3 is 2.67 bits per heavy atom. The molecule has 1 aromatic carbocycles. The van der Waals surface area contributed by atoms with Crippen LogP contribution in [0.4, 0.5) is 0 Å². The normalized spacial score (nSPS) is 16.1. The minimum atomic E-state index is 0.0758. The van der Waals surface area contributed by atoms with E-state index in [4.69, 9.17) is 0 Å². The summed E-state index contributed by atoms with van der Waals surface area (Å²) in [5.74, 6) is 0.329. The fourth-order valence-corrected chi connectivity index (χ4v) is 3.75. The summed E-state index contributed by atoms with van der Waals surface area (Å²) in [6.45, 7) is 1.64. The zero-order chi connectivity index (χ0) is 18.8. The third-order valence-electron chi connectivity index (χ3n) is 5.41. The summed E-state index contributed by atoms with van der Waals surface area (Å²) in [5, 5.41) is 15.6. The van der Waals surface area contributed by atoms with Gasteiger partial charge in [-0.3, -0.25) is 19.4 Å². The molecule has 1 aliphatic heterocycles. The van der Waals surface area contributed by atoms with Crippen LogP contribution in [-0.4, -0.2) is 50.4 Å². The van der Waals surface area contributed by atoms with E-state index in [1.807, 2.05) is 36.6 Å². The summed E-state index contributed by atoms with van der Waals surface area (Å²) in [5.41, 5.74) is 3.00. The van der Waals surface area contributed by atoms with Gasteiger partial charge >= 0.3 is 0 Å². The zero-order valence-corrected chi connectivity index (χ0v) is 15.5. The van der Waals surface area contributed by atoms with Crippen LogP contribution < -0.4 is 0 Å². The molecule has 1 N–H and O–H groups in total. The molecule has 0 spiro atoms. The van der Waals surface area contributed by atoms with Gasteiger partial charge in [0.2, 0.25) is 0 Å². The van der Waals surface area contributed by atoms with Crippen molar-refractivity contribution >= 4 is 16.6 Å². The number of benzene rings is 1.